The summed E-state index contributed by atoms with van der Waals surface area (Å²) in [5.41, 5.74) is 9.05. The quantitative estimate of drug-likeness (QED) is 0.138. The average Bonchev–Trinajstić information content (AvgIpc) is 3.92. The number of hydrogen-bond donors (Lipinski definition) is 0. The Hall–Kier alpha value is -6.26. The van der Waals surface area contributed by atoms with Gasteiger partial charge in [-0.05, 0) is 72.8 Å². The zero-order valence-corrected chi connectivity index (χ0v) is 34.8. The molecule has 5 heterocycles. The molecule has 7 aromatic rings. The van der Waals surface area contributed by atoms with E-state index in [-0.39, 0.29) is 0 Å². The smallest absolute Gasteiger partial charge is 0.318 e. The van der Waals surface area contributed by atoms with Gasteiger partial charge in [-0.15, -0.1) is 0 Å². The summed E-state index contributed by atoms with van der Waals surface area (Å²) in [6.45, 7) is 0. The summed E-state index contributed by atoms with van der Waals surface area (Å²) in [6, 6.07) is 23.6. The van der Waals surface area contributed by atoms with Gasteiger partial charge in [-0.2, -0.15) is 0 Å². The third kappa shape index (κ3) is 5.56. The molecule has 2 radical (unpaired) electrons. The van der Waals surface area contributed by atoms with Gasteiger partial charge in [0.2, 0.25) is 0 Å². The van der Waals surface area contributed by atoms with Crippen LogP contribution in [0.5, 0.6) is 46.0 Å². The van der Waals surface area contributed by atoms with Gasteiger partial charge in [0.25, 0.3) is 0 Å². The van der Waals surface area contributed by atoms with E-state index in [4.69, 9.17) is 59.6 Å². The minimum atomic E-state index is 0.548. The first-order valence-electron chi connectivity index (χ1n) is 18.0. The van der Waals surface area contributed by atoms with Crippen molar-refractivity contribution in [3.05, 3.63) is 72.8 Å². The van der Waals surface area contributed by atoms with Crippen LogP contribution in [0, 0.1) is 0 Å². The topological polar surface area (TPSA) is 109 Å². The van der Waals surface area contributed by atoms with Crippen molar-refractivity contribution >= 4 is 71.9 Å². The van der Waals surface area contributed by atoms with Gasteiger partial charge in [0.1, 0.15) is 0 Å². The zero-order chi connectivity index (χ0) is 40.6. The molecule has 0 N–H and O–H groups in total. The molecule has 0 amide bonds. The molecule has 0 fully saturated rings. The first kappa shape index (κ1) is 37.3. The van der Waals surface area contributed by atoms with Crippen LogP contribution in [-0.2, 0) is 0 Å². The van der Waals surface area contributed by atoms with Crippen LogP contribution in [0.25, 0.3) is 88.6 Å². The number of nitrogens with zero attached hydrogens (tertiary/aromatic N) is 4. The largest absolute Gasteiger partial charge is 0.493 e. The molecule has 290 valence electrons. The van der Waals surface area contributed by atoms with Crippen LogP contribution in [0.3, 0.4) is 0 Å². The third-order valence-corrected chi connectivity index (χ3v) is 11.7. The van der Waals surface area contributed by atoms with Gasteiger partial charge in [-0.1, -0.05) is 0 Å². The van der Waals surface area contributed by atoms with E-state index in [0.29, 0.717) is 79.8 Å². The molecule has 0 saturated heterocycles. The molecular weight excluding hydrogens is 775 g/mol. The third-order valence-electron chi connectivity index (χ3n) is 10.8. The van der Waals surface area contributed by atoms with Crippen molar-refractivity contribution in [2.24, 2.45) is 0 Å². The molecule has 8 bridgehead atoms. The molecule has 58 heavy (non-hydrogen) atoms. The number of aromatic nitrogens is 4. The van der Waals surface area contributed by atoms with E-state index in [1.54, 1.807) is 61.0 Å². The Labute approximate surface area is 346 Å². The lowest BCUT2D eigenvalue weighted by Gasteiger charge is -2.10. The van der Waals surface area contributed by atoms with Crippen LogP contribution < -0.4 is 37.9 Å². The molecule has 2 aliphatic rings. The fraction of sp³-hybridized carbons (Fsp3) is 0.182. The van der Waals surface area contributed by atoms with Gasteiger partial charge in [0, 0.05) is 66.6 Å². The van der Waals surface area contributed by atoms with E-state index in [9.17, 15) is 0 Å². The summed E-state index contributed by atoms with van der Waals surface area (Å²) in [7, 11) is 12.9. The van der Waals surface area contributed by atoms with Crippen LogP contribution in [0.2, 0.25) is 0 Å². The molecule has 0 aliphatic carbocycles. The van der Waals surface area contributed by atoms with E-state index in [1.165, 1.54) is 0 Å². The first-order chi connectivity index (χ1) is 28.2. The molecule has 2 aliphatic heterocycles. The molecule has 0 spiro atoms. The Balaban J connectivity index is 1.54. The second-order valence-corrected chi connectivity index (χ2v) is 14.4. The van der Waals surface area contributed by atoms with E-state index in [2.05, 4.69) is 28.6 Å². The Morgan fingerprint density at radius 1 is 0.362 bits per heavy atom. The number of benzene rings is 4. The number of fused-ring (bicyclic) bond motifs is 20. The van der Waals surface area contributed by atoms with Crippen molar-refractivity contribution in [3.8, 4) is 91.0 Å². The molecule has 4 aromatic carbocycles. The Kier molecular flexibility index (Phi) is 9.19. The molecule has 12 nitrogen and oxygen atoms in total. The maximum absolute atomic E-state index is 7.44. The highest BCUT2D eigenvalue weighted by molar-refractivity contribution is 6.27. The van der Waals surface area contributed by atoms with Gasteiger partial charge in [-0.25, -0.2) is 9.97 Å². The van der Waals surface area contributed by atoms with Crippen molar-refractivity contribution in [2.45, 2.75) is 0 Å². The summed E-state index contributed by atoms with van der Waals surface area (Å²) in [4.78, 5) is 10.6. The second kappa shape index (κ2) is 14.3. The standard InChI is InChI=1S/C44H36ClN4O8.Al/c1-50-37-9-21-22(10-38(37)51-2)30-18-32-24-12-40(53-4)42(55-6)14-26(24)34(48-32)20-36-28-16-44(57-8)43(56-7)15-27(28)35(49(36)45)19-33-25-13-41(54-5)39(52-3)11-23(25)31(47-33)17-29(21)46-30;/h9-20H,1-8H3;/q-1;+1. The lowest BCUT2D eigenvalue weighted by atomic mass is 10.0. The van der Waals surface area contributed by atoms with Gasteiger partial charge >= 0.3 is 16.5 Å². The van der Waals surface area contributed by atoms with E-state index < -0.39 is 0 Å². The lowest BCUT2D eigenvalue weighted by Crippen LogP contribution is -1.92. The fourth-order valence-corrected chi connectivity index (χ4v) is 8.67. The molecule has 9 rings (SSSR count). The Bertz CT molecular complexity index is 2650. The highest BCUT2D eigenvalue weighted by atomic mass is 35.5. The average molecular weight is 811 g/mol. The highest BCUT2D eigenvalue weighted by Gasteiger charge is 2.25. The molecule has 0 unspecified atom stereocenters. The molecule has 3 aromatic heterocycles. The SMILES string of the molecule is COc1cc2c(cc1OC)-c1cc3c4cc(OC)c(OC)cc4c(cc4nc(cc5c6cc(OC)c(OC)cc6c(cc-2n1)[n]5[Al])-c1cc(OC)c(OC)cc1-4)n3Cl. The molecule has 14 heteroatoms. The van der Waals surface area contributed by atoms with E-state index >= 15 is 0 Å². The Morgan fingerprint density at radius 3 is 0.845 bits per heavy atom. The summed E-state index contributed by atoms with van der Waals surface area (Å²) in [5.74, 6) is 4.52. The zero-order valence-electron chi connectivity index (χ0n) is 32.9. The predicted molar refractivity (Wildman–Crippen MR) is 227 cm³/mol. The normalized spacial score (nSPS) is 11.6. The highest BCUT2D eigenvalue weighted by Crippen LogP contribution is 2.48. The van der Waals surface area contributed by atoms with Crippen molar-refractivity contribution in [1.29, 1.82) is 0 Å². The molecule has 0 atom stereocenters. The number of hydrogen-bond acceptors (Lipinski definition) is 10. The van der Waals surface area contributed by atoms with E-state index in [0.717, 1.165) is 54.8 Å². The van der Waals surface area contributed by atoms with Crippen LogP contribution in [0.1, 0.15) is 0 Å². The van der Waals surface area contributed by atoms with Crippen LogP contribution >= 0.6 is 11.8 Å². The summed E-state index contributed by atoms with van der Waals surface area (Å²) in [6.07, 6.45) is 0. The van der Waals surface area contributed by atoms with Crippen LogP contribution in [0.15, 0.2) is 72.8 Å². The van der Waals surface area contributed by atoms with Crippen molar-refractivity contribution in [3.63, 3.8) is 0 Å². The summed E-state index contributed by atoms with van der Waals surface area (Å²) >= 11 is 10.3. The molecule has 0 saturated carbocycles. The van der Waals surface area contributed by atoms with Gasteiger partial charge in [0.05, 0.1) is 90.7 Å². The van der Waals surface area contributed by atoms with Crippen molar-refractivity contribution in [1.82, 2.24) is 17.6 Å². The first-order valence-corrected chi connectivity index (χ1v) is 18.9. The van der Waals surface area contributed by atoms with Crippen molar-refractivity contribution < 1.29 is 37.9 Å². The number of ether oxygens (including phenoxy) is 8. The monoisotopic (exact) mass is 810 g/mol. The Morgan fingerprint density at radius 2 is 0.586 bits per heavy atom. The number of methoxy groups -OCH3 is 8. The van der Waals surface area contributed by atoms with Gasteiger partial charge < -0.3 is 41.4 Å². The van der Waals surface area contributed by atoms with Gasteiger partial charge in [0.15, 0.2) is 46.0 Å². The van der Waals surface area contributed by atoms with Crippen molar-refractivity contribution in [2.75, 3.05) is 56.9 Å². The van der Waals surface area contributed by atoms with E-state index in [1.807, 2.05) is 64.2 Å². The predicted octanol–water partition coefficient (Wildman–Crippen LogP) is 9.24. The van der Waals surface area contributed by atoms with Crippen LogP contribution in [0.4, 0.5) is 0 Å². The number of rotatable bonds is 8. The number of halogens is 1. The maximum Gasteiger partial charge on any atom is 0.318 e. The fourth-order valence-electron chi connectivity index (χ4n) is 7.96. The maximum atomic E-state index is 7.44. The molecular formula is C44H36AlClN4O8. The lowest BCUT2D eigenvalue weighted by molar-refractivity contribution is 0.355. The van der Waals surface area contributed by atoms with Crippen LogP contribution in [-0.4, -0.2) is 91.0 Å². The second-order valence-electron chi connectivity index (χ2n) is 13.5. The summed E-state index contributed by atoms with van der Waals surface area (Å²) in [5, 5.41) is 3.42. The minimum Gasteiger partial charge on any atom is -0.493 e. The van der Waals surface area contributed by atoms with Gasteiger partial charge in [-0.3, -0.25) is 4.09 Å². The summed E-state index contributed by atoms with van der Waals surface area (Å²) < 4.78 is 50.0. The minimum absolute atomic E-state index is 0.548.